The van der Waals surface area contributed by atoms with E-state index in [1.165, 1.54) is 0 Å². The van der Waals surface area contributed by atoms with E-state index >= 15 is 0 Å². The molecule has 1 aromatic heterocycles. The Labute approximate surface area is 113 Å². The third-order valence-corrected chi connectivity index (χ3v) is 2.18. The maximum absolute atomic E-state index is 11.5. The maximum Gasteiger partial charge on any atom is 0.239 e. The first-order valence-corrected chi connectivity index (χ1v) is 6.24. The van der Waals surface area contributed by atoms with Gasteiger partial charge in [0.05, 0.1) is 19.3 Å². The molecule has 19 heavy (non-hydrogen) atoms. The predicted octanol–water partition coefficient (Wildman–Crippen LogP) is 1.04. The second-order valence-electron chi connectivity index (χ2n) is 4.21. The number of anilines is 1. The van der Waals surface area contributed by atoms with Crippen LogP contribution < -0.4 is 15.4 Å². The van der Waals surface area contributed by atoms with Crippen molar-refractivity contribution in [1.82, 2.24) is 10.3 Å². The average Bonchev–Trinajstić information content (AvgIpc) is 2.37. The van der Waals surface area contributed by atoms with Gasteiger partial charge in [-0.05, 0) is 26.0 Å². The van der Waals surface area contributed by atoms with E-state index in [0.29, 0.717) is 24.7 Å². The molecule has 6 nitrogen and oxygen atoms in total. The Kier molecular flexibility index (Phi) is 6.67. The summed E-state index contributed by atoms with van der Waals surface area (Å²) in [7, 11) is 1.59. The van der Waals surface area contributed by atoms with Crippen LogP contribution in [-0.4, -0.2) is 43.8 Å². The molecule has 0 radical (unpaired) electrons. The second kappa shape index (κ2) is 8.31. The Balaban J connectivity index is 2.46. The molecule has 1 amide bonds. The van der Waals surface area contributed by atoms with Gasteiger partial charge in [0.2, 0.25) is 5.91 Å². The van der Waals surface area contributed by atoms with Gasteiger partial charge in [-0.2, -0.15) is 0 Å². The zero-order valence-corrected chi connectivity index (χ0v) is 11.6. The maximum atomic E-state index is 11.5. The lowest BCUT2D eigenvalue weighted by Gasteiger charge is -2.14. The van der Waals surface area contributed by atoms with Crippen LogP contribution in [0.5, 0.6) is 5.75 Å². The van der Waals surface area contributed by atoms with Crippen LogP contribution in [0.4, 0.5) is 5.82 Å². The van der Waals surface area contributed by atoms with Crippen LogP contribution in [0.1, 0.15) is 13.8 Å². The summed E-state index contributed by atoms with van der Waals surface area (Å²) in [5.74, 6) is 1.10. The summed E-state index contributed by atoms with van der Waals surface area (Å²) in [6.45, 7) is 5.02. The molecule has 1 aromatic rings. The highest BCUT2D eigenvalue weighted by atomic mass is 16.5. The number of hydrogen-bond acceptors (Lipinski definition) is 5. The number of carbonyl (C=O) groups excluding carboxylic acids is 1. The highest BCUT2D eigenvalue weighted by Gasteiger charge is 2.07. The summed E-state index contributed by atoms with van der Waals surface area (Å²) in [4.78, 5) is 15.7. The molecule has 2 N–H and O–H groups in total. The first kappa shape index (κ1) is 15.2. The van der Waals surface area contributed by atoms with Crippen molar-refractivity contribution in [1.29, 1.82) is 0 Å². The van der Waals surface area contributed by atoms with Gasteiger partial charge in [0.25, 0.3) is 0 Å². The number of pyridine rings is 1. The first-order valence-electron chi connectivity index (χ1n) is 6.24. The molecule has 0 aliphatic heterocycles. The molecule has 0 atom stereocenters. The Morgan fingerprint density at radius 3 is 2.95 bits per heavy atom. The lowest BCUT2D eigenvalue weighted by Crippen LogP contribution is -2.32. The zero-order valence-electron chi connectivity index (χ0n) is 11.6. The minimum absolute atomic E-state index is 0.0558. The Morgan fingerprint density at radius 2 is 2.26 bits per heavy atom. The molecule has 0 aliphatic carbocycles. The van der Waals surface area contributed by atoms with Gasteiger partial charge >= 0.3 is 0 Å². The first-order chi connectivity index (χ1) is 9.13. The summed E-state index contributed by atoms with van der Waals surface area (Å²) in [5.41, 5.74) is 0. The summed E-state index contributed by atoms with van der Waals surface area (Å²) in [6.07, 6.45) is 1.71. The van der Waals surface area contributed by atoms with Crippen LogP contribution >= 0.6 is 0 Å². The molecule has 0 aromatic carbocycles. The van der Waals surface area contributed by atoms with E-state index in [0.717, 1.165) is 0 Å². The van der Waals surface area contributed by atoms with Gasteiger partial charge in [0.15, 0.2) is 11.6 Å². The van der Waals surface area contributed by atoms with E-state index in [-0.39, 0.29) is 18.6 Å². The summed E-state index contributed by atoms with van der Waals surface area (Å²) in [6, 6.07) is 3.61. The third-order valence-electron chi connectivity index (χ3n) is 2.18. The second-order valence-corrected chi connectivity index (χ2v) is 4.21. The highest BCUT2D eigenvalue weighted by molar-refractivity contribution is 5.80. The molecule has 6 heteroatoms. The van der Waals surface area contributed by atoms with Crippen LogP contribution in [0.25, 0.3) is 0 Å². The van der Waals surface area contributed by atoms with E-state index in [1.807, 2.05) is 19.9 Å². The topological polar surface area (TPSA) is 72.5 Å². The molecule has 0 saturated carbocycles. The van der Waals surface area contributed by atoms with Gasteiger partial charge in [-0.1, -0.05) is 0 Å². The molecule has 0 fully saturated rings. The number of amides is 1. The number of nitrogens with one attached hydrogen (secondary N) is 2. The Morgan fingerprint density at radius 1 is 1.47 bits per heavy atom. The van der Waals surface area contributed by atoms with Gasteiger partial charge in [-0.25, -0.2) is 4.98 Å². The highest BCUT2D eigenvalue weighted by Crippen LogP contribution is 2.21. The van der Waals surface area contributed by atoms with E-state index in [1.54, 1.807) is 19.4 Å². The fraction of sp³-hybridized carbons (Fsp3) is 0.538. The molecule has 0 aliphatic rings. The lowest BCUT2D eigenvalue weighted by atomic mass is 10.4. The molecule has 106 valence electrons. The number of aromatic nitrogens is 1. The normalized spacial score (nSPS) is 10.3. The van der Waals surface area contributed by atoms with Crippen molar-refractivity contribution in [2.45, 2.75) is 20.0 Å². The molecule has 1 rings (SSSR count). The predicted molar refractivity (Wildman–Crippen MR) is 73.4 cm³/mol. The molecular weight excluding hydrogens is 246 g/mol. The smallest absolute Gasteiger partial charge is 0.239 e. The monoisotopic (exact) mass is 267 g/mol. The SMILES string of the molecule is COCCNC(=O)CNc1ncccc1OC(C)C. The fourth-order valence-corrected chi connectivity index (χ4v) is 1.39. The van der Waals surface area contributed by atoms with Crippen LogP contribution in [0, 0.1) is 0 Å². The molecule has 0 bridgehead atoms. The number of rotatable bonds is 8. The minimum atomic E-state index is -0.113. The van der Waals surface area contributed by atoms with Gasteiger partial charge < -0.3 is 20.1 Å². The Bertz CT molecular complexity index is 396. The van der Waals surface area contributed by atoms with Crippen molar-refractivity contribution >= 4 is 11.7 Å². The minimum Gasteiger partial charge on any atom is -0.487 e. The largest absolute Gasteiger partial charge is 0.487 e. The van der Waals surface area contributed by atoms with Gasteiger partial charge in [-0.15, -0.1) is 0 Å². The van der Waals surface area contributed by atoms with Gasteiger partial charge in [0.1, 0.15) is 0 Å². The van der Waals surface area contributed by atoms with Crippen molar-refractivity contribution < 1.29 is 14.3 Å². The van der Waals surface area contributed by atoms with Crippen molar-refractivity contribution in [2.24, 2.45) is 0 Å². The van der Waals surface area contributed by atoms with Crippen LogP contribution in [0.3, 0.4) is 0 Å². The standard InChI is InChI=1S/C13H21N3O3/c1-10(2)19-11-5-4-6-15-13(11)16-9-12(17)14-7-8-18-3/h4-6,10H,7-9H2,1-3H3,(H,14,17)(H,15,16). The lowest BCUT2D eigenvalue weighted by molar-refractivity contribution is -0.119. The molecular formula is C13H21N3O3. The van der Waals surface area contributed by atoms with Crippen molar-refractivity contribution in [2.75, 3.05) is 32.1 Å². The number of nitrogens with zero attached hydrogens (tertiary/aromatic N) is 1. The van der Waals surface area contributed by atoms with E-state index in [9.17, 15) is 4.79 Å². The van der Waals surface area contributed by atoms with Gasteiger partial charge in [0, 0.05) is 19.9 Å². The molecule has 1 heterocycles. The van der Waals surface area contributed by atoms with E-state index in [4.69, 9.17) is 9.47 Å². The van der Waals surface area contributed by atoms with Crippen LogP contribution in [0.2, 0.25) is 0 Å². The fourth-order valence-electron chi connectivity index (χ4n) is 1.39. The van der Waals surface area contributed by atoms with Crippen molar-refractivity contribution in [3.8, 4) is 5.75 Å². The summed E-state index contributed by atoms with van der Waals surface area (Å²) >= 11 is 0. The molecule has 0 unspecified atom stereocenters. The Hall–Kier alpha value is -1.82. The number of ether oxygens (including phenoxy) is 2. The van der Waals surface area contributed by atoms with Crippen molar-refractivity contribution in [3.63, 3.8) is 0 Å². The molecule has 0 spiro atoms. The summed E-state index contributed by atoms with van der Waals surface area (Å²) < 4.78 is 10.4. The van der Waals surface area contributed by atoms with Gasteiger partial charge in [-0.3, -0.25) is 4.79 Å². The van der Waals surface area contributed by atoms with Crippen molar-refractivity contribution in [3.05, 3.63) is 18.3 Å². The third kappa shape index (κ3) is 6.05. The molecule has 0 saturated heterocycles. The average molecular weight is 267 g/mol. The van der Waals surface area contributed by atoms with Crippen LogP contribution in [0.15, 0.2) is 18.3 Å². The summed E-state index contributed by atoms with van der Waals surface area (Å²) in [5, 5.41) is 5.68. The van der Waals surface area contributed by atoms with Crippen LogP contribution in [-0.2, 0) is 9.53 Å². The number of hydrogen-bond donors (Lipinski definition) is 2. The number of methoxy groups -OCH3 is 1. The van der Waals surface area contributed by atoms with E-state index < -0.39 is 0 Å². The number of carbonyl (C=O) groups is 1. The van der Waals surface area contributed by atoms with E-state index in [2.05, 4.69) is 15.6 Å². The quantitative estimate of drug-likeness (QED) is 0.689. The zero-order chi connectivity index (χ0) is 14.1.